The molecule has 1 aliphatic rings. The third kappa shape index (κ3) is 4.55. The normalized spacial score (nSPS) is 22.6. The number of hydrogen-bond acceptors (Lipinski definition) is 2. The van der Waals surface area contributed by atoms with Crippen molar-refractivity contribution in [1.82, 2.24) is 0 Å². The number of anilines is 1. The first kappa shape index (κ1) is 17.5. The van der Waals surface area contributed by atoms with Crippen molar-refractivity contribution in [1.29, 1.82) is 0 Å². The number of nitrogens with two attached hydrogens (primary N) is 1. The number of rotatable bonds is 5. The second-order valence-corrected chi connectivity index (χ2v) is 6.82. The van der Waals surface area contributed by atoms with Gasteiger partial charge in [-0.3, -0.25) is 9.59 Å². The Morgan fingerprint density at radius 3 is 2.17 bits per heavy atom. The Morgan fingerprint density at radius 2 is 1.70 bits per heavy atom. The predicted molar refractivity (Wildman–Crippen MR) is 91.2 cm³/mol. The zero-order valence-corrected chi connectivity index (χ0v) is 14.3. The highest BCUT2D eigenvalue weighted by Crippen LogP contribution is 2.17. The number of quaternary nitrogens is 1. The number of carbonyl (C=O) groups excluding carboxylic acids is 2. The number of hydrogen-bond donors (Lipinski definition) is 3. The van der Waals surface area contributed by atoms with E-state index in [1.165, 1.54) is 10.5 Å². The first-order valence-corrected chi connectivity index (χ1v) is 8.43. The smallest absolute Gasteiger partial charge is 0.282 e. The van der Waals surface area contributed by atoms with Crippen molar-refractivity contribution in [3.8, 4) is 0 Å². The van der Waals surface area contributed by atoms with Gasteiger partial charge >= 0.3 is 0 Å². The number of likely N-dealkylation sites (tertiary alicyclic amines) is 1. The largest absolute Gasteiger partial charge is 0.369 e. The molecule has 4 N–H and O–H groups in total. The van der Waals surface area contributed by atoms with Crippen LogP contribution >= 0.6 is 0 Å². The molecule has 1 fully saturated rings. The number of primary amides is 1. The highest BCUT2D eigenvalue weighted by atomic mass is 16.2. The van der Waals surface area contributed by atoms with Gasteiger partial charge < -0.3 is 16.0 Å². The molecule has 2 rings (SSSR count). The topological polar surface area (TPSA) is 76.6 Å². The highest BCUT2D eigenvalue weighted by molar-refractivity contribution is 5.93. The maximum atomic E-state index is 12.4. The van der Waals surface area contributed by atoms with Gasteiger partial charge in [0.15, 0.2) is 6.04 Å². The molecule has 0 saturated carbocycles. The minimum atomic E-state index is -0.216. The second kappa shape index (κ2) is 7.59. The van der Waals surface area contributed by atoms with Gasteiger partial charge in [-0.05, 0) is 30.5 Å². The number of amides is 2. The molecule has 1 heterocycles. The summed E-state index contributed by atoms with van der Waals surface area (Å²) in [6, 6.07) is 7.88. The van der Waals surface area contributed by atoms with Gasteiger partial charge in [0.05, 0.1) is 13.1 Å². The summed E-state index contributed by atoms with van der Waals surface area (Å²) < 4.78 is 0. The zero-order chi connectivity index (χ0) is 17.0. The summed E-state index contributed by atoms with van der Waals surface area (Å²) in [7, 11) is 0. The highest BCUT2D eigenvalue weighted by Gasteiger charge is 2.31. The number of nitrogens with one attached hydrogen (secondary N) is 2. The van der Waals surface area contributed by atoms with Gasteiger partial charge in [0.2, 0.25) is 5.91 Å². The molecule has 0 unspecified atom stereocenters. The van der Waals surface area contributed by atoms with Crippen molar-refractivity contribution in [3.05, 3.63) is 29.8 Å². The van der Waals surface area contributed by atoms with Gasteiger partial charge in [-0.15, -0.1) is 0 Å². The molecule has 23 heavy (non-hydrogen) atoms. The third-order valence-electron chi connectivity index (χ3n) is 4.88. The predicted octanol–water partition coefficient (Wildman–Crippen LogP) is 0.917. The standard InChI is InChI=1S/C18H27N3O2/c1-12(2)14-4-6-16(7-5-14)20-18(23)13(3)21-10-8-15(9-11-21)17(19)22/h4-7,12-13,15H,8-11H2,1-3H3,(H2,19,22)(H,20,23)/p+1/t13-/m0/s1. The first-order chi connectivity index (χ1) is 10.9. The number of carbonyl (C=O) groups is 2. The number of benzene rings is 1. The SMILES string of the molecule is CC(C)c1ccc(NC(=O)[C@H](C)[NH+]2CCC(C(N)=O)CC2)cc1. The molecule has 0 spiro atoms. The maximum absolute atomic E-state index is 12.4. The average Bonchev–Trinajstić information content (AvgIpc) is 2.54. The Hall–Kier alpha value is -1.88. The molecule has 0 aliphatic carbocycles. The van der Waals surface area contributed by atoms with Crippen molar-refractivity contribution in [2.45, 2.75) is 45.6 Å². The lowest BCUT2D eigenvalue weighted by Crippen LogP contribution is -3.17. The van der Waals surface area contributed by atoms with Gasteiger partial charge in [0, 0.05) is 24.4 Å². The van der Waals surface area contributed by atoms with Crippen LogP contribution in [0.3, 0.4) is 0 Å². The Labute approximate surface area is 138 Å². The van der Waals surface area contributed by atoms with Crippen molar-refractivity contribution in [3.63, 3.8) is 0 Å². The van der Waals surface area contributed by atoms with E-state index in [-0.39, 0.29) is 23.8 Å². The van der Waals surface area contributed by atoms with Crippen LogP contribution in [0.15, 0.2) is 24.3 Å². The van der Waals surface area contributed by atoms with E-state index in [1.54, 1.807) is 0 Å². The van der Waals surface area contributed by atoms with Crippen molar-refractivity contribution >= 4 is 17.5 Å². The minimum absolute atomic E-state index is 0.0230. The summed E-state index contributed by atoms with van der Waals surface area (Å²) in [6.45, 7) is 7.87. The minimum Gasteiger partial charge on any atom is -0.369 e. The molecule has 126 valence electrons. The molecule has 2 amide bonds. The molecule has 0 aromatic heterocycles. The Bertz CT molecular complexity index is 546. The summed E-state index contributed by atoms with van der Waals surface area (Å²) in [5.41, 5.74) is 7.45. The van der Waals surface area contributed by atoms with Crippen LogP contribution in [0.2, 0.25) is 0 Å². The van der Waals surface area contributed by atoms with Gasteiger partial charge in [0.1, 0.15) is 0 Å². The molecule has 1 aromatic rings. The van der Waals surface area contributed by atoms with Crippen molar-refractivity contribution < 1.29 is 14.5 Å². The molecule has 1 saturated heterocycles. The fraction of sp³-hybridized carbons (Fsp3) is 0.556. The second-order valence-electron chi connectivity index (χ2n) is 6.82. The molecule has 0 radical (unpaired) electrons. The number of piperidine rings is 1. The van der Waals surface area contributed by atoms with Gasteiger partial charge in [0.25, 0.3) is 5.91 Å². The van der Waals surface area contributed by atoms with E-state index in [0.29, 0.717) is 5.92 Å². The monoisotopic (exact) mass is 318 g/mol. The van der Waals surface area contributed by atoms with Crippen molar-refractivity contribution in [2.24, 2.45) is 11.7 Å². The van der Waals surface area contributed by atoms with E-state index < -0.39 is 0 Å². The molecule has 5 heteroatoms. The third-order valence-corrected chi connectivity index (χ3v) is 4.88. The Balaban J connectivity index is 1.89. The van der Waals surface area contributed by atoms with E-state index >= 15 is 0 Å². The van der Waals surface area contributed by atoms with Gasteiger partial charge in [-0.25, -0.2) is 0 Å². The van der Waals surface area contributed by atoms with Crippen LogP contribution < -0.4 is 16.0 Å². The van der Waals surface area contributed by atoms with Crippen molar-refractivity contribution in [2.75, 3.05) is 18.4 Å². The fourth-order valence-electron chi connectivity index (χ4n) is 3.09. The average molecular weight is 318 g/mol. The fourth-order valence-corrected chi connectivity index (χ4v) is 3.09. The van der Waals surface area contributed by atoms with Gasteiger partial charge in [-0.2, -0.15) is 0 Å². The summed E-state index contributed by atoms with van der Waals surface area (Å²) in [6.07, 6.45) is 1.54. The summed E-state index contributed by atoms with van der Waals surface area (Å²) >= 11 is 0. The zero-order valence-electron chi connectivity index (χ0n) is 14.3. The van der Waals surface area contributed by atoms with Gasteiger partial charge in [-0.1, -0.05) is 26.0 Å². The van der Waals surface area contributed by atoms with Crippen LogP contribution in [0.4, 0.5) is 5.69 Å². The molecule has 1 aromatic carbocycles. The van der Waals surface area contributed by atoms with E-state index in [9.17, 15) is 9.59 Å². The van der Waals surface area contributed by atoms with E-state index in [1.807, 2.05) is 19.1 Å². The van der Waals surface area contributed by atoms with Crippen LogP contribution in [0.5, 0.6) is 0 Å². The van der Waals surface area contributed by atoms with Crippen LogP contribution in [0, 0.1) is 5.92 Å². The molecule has 0 bridgehead atoms. The van der Waals surface area contributed by atoms with E-state index in [4.69, 9.17) is 5.73 Å². The first-order valence-electron chi connectivity index (χ1n) is 8.43. The molecular weight excluding hydrogens is 290 g/mol. The van der Waals surface area contributed by atoms with Crippen LogP contribution in [0.25, 0.3) is 0 Å². The van der Waals surface area contributed by atoms with E-state index in [2.05, 4.69) is 31.3 Å². The Kier molecular flexibility index (Phi) is 5.77. The molecule has 1 atom stereocenters. The molecule has 1 aliphatic heterocycles. The lowest BCUT2D eigenvalue weighted by atomic mass is 9.95. The lowest BCUT2D eigenvalue weighted by Gasteiger charge is -2.31. The lowest BCUT2D eigenvalue weighted by molar-refractivity contribution is -0.919. The Morgan fingerprint density at radius 1 is 1.13 bits per heavy atom. The molecule has 5 nitrogen and oxygen atoms in total. The summed E-state index contributed by atoms with van der Waals surface area (Å²) in [4.78, 5) is 24.9. The van der Waals surface area contributed by atoms with Crippen LogP contribution in [-0.4, -0.2) is 30.9 Å². The maximum Gasteiger partial charge on any atom is 0.282 e. The van der Waals surface area contributed by atoms with Crippen LogP contribution in [-0.2, 0) is 9.59 Å². The summed E-state index contributed by atoms with van der Waals surface area (Å²) in [5, 5.41) is 2.99. The van der Waals surface area contributed by atoms with Crippen LogP contribution in [0.1, 0.15) is 45.1 Å². The molecular formula is C18H28N3O2+. The summed E-state index contributed by atoms with van der Waals surface area (Å²) in [5.74, 6) is 0.258. The quantitative estimate of drug-likeness (QED) is 0.755. The van der Waals surface area contributed by atoms with E-state index in [0.717, 1.165) is 31.6 Å².